The van der Waals surface area contributed by atoms with Crippen molar-refractivity contribution in [3.8, 4) is 5.75 Å². The van der Waals surface area contributed by atoms with E-state index in [1.807, 2.05) is 42.5 Å². The van der Waals surface area contributed by atoms with Gasteiger partial charge < -0.3 is 14.4 Å². The Balaban J connectivity index is 1.85. The van der Waals surface area contributed by atoms with Gasteiger partial charge in [-0.2, -0.15) is 0 Å². The molecule has 136 valence electrons. The molecule has 1 unspecified atom stereocenters. The molecular formula is C21H23NO4. The Labute approximate surface area is 153 Å². The molecule has 1 amide bonds. The normalized spacial score (nSPS) is 15.3. The second-order valence-corrected chi connectivity index (χ2v) is 6.25. The first kappa shape index (κ1) is 18.1. The summed E-state index contributed by atoms with van der Waals surface area (Å²) in [5.41, 5.74) is 1.43. The van der Waals surface area contributed by atoms with Gasteiger partial charge >= 0.3 is 0 Å². The van der Waals surface area contributed by atoms with Gasteiger partial charge in [-0.15, -0.1) is 0 Å². The summed E-state index contributed by atoms with van der Waals surface area (Å²) in [6, 6.07) is 16.5. The maximum atomic E-state index is 13.1. The zero-order chi connectivity index (χ0) is 18.4. The lowest BCUT2D eigenvalue weighted by atomic mass is 9.87. The van der Waals surface area contributed by atoms with Crippen molar-refractivity contribution in [2.24, 2.45) is 0 Å². The largest absolute Gasteiger partial charge is 0.497 e. The van der Waals surface area contributed by atoms with E-state index in [1.165, 1.54) is 0 Å². The van der Waals surface area contributed by atoms with E-state index in [1.54, 1.807) is 24.1 Å². The molecule has 3 rings (SSSR count). The number of methoxy groups -OCH3 is 1. The average molecular weight is 353 g/mol. The van der Waals surface area contributed by atoms with Crippen molar-refractivity contribution in [2.75, 3.05) is 33.4 Å². The fourth-order valence-corrected chi connectivity index (χ4v) is 3.12. The standard InChI is InChI=1S/C21H23NO4/c1-25-18-9-7-16(8-10-18)19(21(24)17-5-3-2-4-6-17)15-20(23)22-11-13-26-14-12-22/h2-10,19H,11-15H2,1H3. The zero-order valence-electron chi connectivity index (χ0n) is 14.9. The van der Waals surface area contributed by atoms with Gasteiger partial charge in [-0.25, -0.2) is 0 Å². The number of benzene rings is 2. The molecule has 0 radical (unpaired) electrons. The molecule has 2 aromatic carbocycles. The van der Waals surface area contributed by atoms with Crippen LogP contribution in [0.2, 0.25) is 0 Å². The van der Waals surface area contributed by atoms with Crippen LogP contribution in [-0.4, -0.2) is 50.0 Å². The lowest BCUT2D eigenvalue weighted by molar-refractivity contribution is -0.135. The number of hydrogen-bond acceptors (Lipinski definition) is 4. The Hall–Kier alpha value is -2.66. The minimum Gasteiger partial charge on any atom is -0.497 e. The average Bonchev–Trinajstić information content (AvgIpc) is 2.73. The van der Waals surface area contributed by atoms with E-state index in [2.05, 4.69) is 0 Å². The van der Waals surface area contributed by atoms with Crippen LogP contribution >= 0.6 is 0 Å². The van der Waals surface area contributed by atoms with E-state index >= 15 is 0 Å². The van der Waals surface area contributed by atoms with Gasteiger partial charge in [0.05, 0.1) is 26.2 Å². The molecule has 1 aliphatic heterocycles. The van der Waals surface area contributed by atoms with Crippen LogP contribution in [0.4, 0.5) is 0 Å². The molecule has 2 aromatic rings. The molecule has 0 N–H and O–H groups in total. The predicted octanol–water partition coefficient (Wildman–Crippen LogP) is 2.91. The number of morpholine rings is 1. The number of nitrogens with zero attached hydrogens (tertiary/aromatic N) is 1. The van der Waals surface area contributed by atoms with Gasteiger partial charge in [0.15, 0.2) is 5.78 Å². The van der Waals surface area contributed by atoms with Gasteiger partial charge in [0.25, 0.3) is 0 Å². The topological polar surface area (TPSA) is 55.8 Å². The number of rotatable bonds is 6. The molecular weight excluding hydrogens is 330 g/mol. The van der Waals surface area contributed by atoms with E-state index in [4.69, 9.17) is 9.47 Å². The minimum atomic E-state index is -0.515. The Morgan fingerprint density at radius 1 is 1.04 bits per heavy atom. The van der Waals surface area contributed by atoms with Crippen LogP contribution < -0.4 is 4.74 Å². The minimum absolute atomic E-state index is 0.0154. The summed E-state index contributed by atoms with van der Waals surface area (Å²) in [7, 11) is 1.60. The Kier molecular flexibility index (Phi) is 6.02. The fourth-order valence-electron chi connectivity index (χ4n) is 3.12. The summed E-state index contributed by atoms with van der Waals surface area (Å²) in [6.07, 6.45) is 0.153. The van der Waals surface area contributed by atoms with Crippen LogP contribution in [0.1, 0.15) is 28.3 Å². The van der Waals surface area contributed by atoms with Crippen molar-refractivity contribution in [3.63, 3.8) is 0 Å². The molecule has 0 spiro atoms. The summed E-state index contributed by atoms with van der Waals surface area (Å²) in [5.74, 6) is 0.147. The first-order chi connectivity index (χ1) is 12.7. The summed E-state index contributed by atoms with van der Waals surface area (Å²) in [5, 5.41) is 0. The molecule has 1 fully saturated rings. The van der Waals surface area contributed by atoms with Gasteiger partial charge in [-0.1, -0.05) is 42.5 Å². The highest BCUT2D eigenvalue weighted by Gasteiger charge is 2.28. The molecule has 1 saturated heterocycles. The first-order valence-electron chi connectivity index (χ1n) is 8.78. The maximum Gasteiger partial charge on any atom is 0.223 e. The molecule has 1 atom stereocenters. The highest BCUT2D eigenvalue weighted by Crippen LogP contribution is 2.27. The molecule has 0 bridgehead atoms. The van der Waals surface area contributed by atoms with Crippen molar-refractivity contribution >= 4 is 11.7 Å². The zero-order valence-corrected chi connectivity index (χ0v) is 14.9. The third-order valence-corrected chi connectivity index (χ3v) is 4.64. The van der Waals surface area contributed by atoms with Crippen molar-refractivity contribution in [1.82, 2.24) is 4.90 Å². The molecule has 1 aliphatic rings. The van der Waals surface area contributed by atoms with Crippen molar-refractivity contribution in [1.29, 1.82) is 0 Å². The number of Topliss-reactive ketones (excluding diaryl/α,β-unsaturated/α-hetero) is 1. The van der Waals surface area contributed by atoms with Crippen LogP contribution in [-0.2, 0) is 9.53 Å². The van der Waals surface area contributed by atoms with Crippen LogP contribution in [0.3, 0.4) is 0 Å². The molecule has 1 heterocycles. The maximum absolute atomic E-state index is 13.1. The van der Waals surface area contributed by atoms with Crippen LogP contribution in [0.5, 0.6) is 5.75 Å². The number of ketones is 1. The van der Waals surface area contributed by atoms with E-state index in [0.29, 0.717) is 31.9 Å². The van der Waals surface area contributed by atoms with E-state index in [0.717, 1.165) is 11.3 Å². The summed E-state index contributed by atoms with van der Waals surface area (Å²) in [4.78, 5) is 27.6. The summed E-state index contributed by atoms with van der Waals surface area (Å²) < 4.78 is 10.5. The van der Waals surface area contributed by atoms with Gasteiger partial charge in [0, 0.05) is 25.1 Å². The SMILES string of the molecule is COc1ccc(C(CC(=O)N2CCOCC2)C(=O)c2ccccc2)cc1. The van der Waals surface area contributed by atoms with E-state index in [-0.39, 0.29) is 18.1 Å². The highest BCUT2D eigenvalue weighted by atomic mass is 16.5. The summed E-state index contributed by atoms with van der Waals surface area (Å²) >= 11 is 0. The number of carbonyl (C=O) groups is 2. The van der Waals surface area contributed by atoms with Gasteiger partial charge in [-0.05, 0) is 17.7 Å². The summed E-state index contributed by atoms with van der Waals surface area (Å²) in [6.45, 7) is 2.25. The van der Waals surface area contributed by atoms with Crippen molar-refractivity contribution < 1.29 is 19.1 Å². The quantitative estimate of drug-likeness (QED) is 0.750. The van der Waals surface area contributed by atoms with Crippen molar-refractivity contribution in [2.45, 2.75) is 12.3 Å². The molecule has 0 aliphatic carbocycles. The van der Waals surface area contributed by atoms with Gasteiger partial charge in [-0.3, -0.25) is 9.59 Å². The second kappa shape index (κ2) is 8.63. The van der Waals surface area contributed by atoms with E-state index in [9.17, 15) is 9.59 Å². The van der Waals surface area contributed by atoms with Gasteiger partial charge in [0.1, 0.15) is 5.75 Å². The highest BCUT2D eigenvalue weighted by molar-refractivity contribution is 6.03. The predicted molar refractivity (Wildman–Crippen MR) is 98.5 cm³/mol. The first-order valence-corrected chi connectivity index (χ1v) is 8.78. The Bertz CT molecular complexity index is 736. The molecule has 26 heavy (non-hydrogen) atoms. The van der Waals surface area contributed by atoms with Crippen molar-refractivity contribution in [3.05, 3.63) is 65.7 Å². The molecule has 5 nitrogen and oxygen atoms in total. The van der Waals surface area contributed by atoms with Crippen LogP contribution in [0.25, 0.3) is 0 Å². The molecule has 0 saturated carbocycles. The third kappa shape index (κ3) is 4.29. The Morgan fingerprint density at radius 2 is 1.69 bits per heavy atom. The smallest absolute Gasteiger partial charge is 0.223 e. The third-order valence-electron chi connectivity index (χ3n) is 4.64. The molecule has 0 aromatic heterocycles. The Morgan fingerprint density at radius 3 is 2.31 bits per heavy atom. The van der Waals surface area contributed by atoms with Crippen LogP contribution in [0.15, 0.2) is 54.6 Å². The fraction of sp³-hybridized carbons (Fsp3) is 0.333. The lowest BCUT2D eigenvalue weighted by Crippen LogP contribution is -2.41. The lowest BCUT2D eigenvalue weighted by Gasteiger charge is -2.28. The van der Waals surface area contributed by atoms with Gasteiger partial charge in [0.2, 0.25) is 5.91 Å². The van der Waals surface area contributed by atoms with E-state index < -0.39 is 5.92 Å². The second-order valence-electron chi connectivity index (χ2n) is 6.25. The number of ether oxygens (including phenoxy) is 2. The monoisotopic (exact) mass is 353 g/mol. The number of amides is 1. The number of carbonyl (C=O) groups excluding carboxylic acids is 2. The van der Waals surface area contributed by atoms with Crippen LogP contribution in [0, 0.1) is 0 Å². The number of hydrogen-bond donors (Lipinski definition) is 0. The molecule has 5 heteroatoms.